The van der Waals surface area contributed by atoms with E-state index in [4.69, 9.17) is 27.5 Å². The first-order chi connectivity index (χ1) is 15.3. The van der Waals surface area contributed by atoms with Crippen LogP contribution in [0.1, 0.15) is 29.8 Å². The number of rotatable bonds is 9. The van der Waals surface area contributed by atoms with Crippen molar-refractivity contribution >= 4 is 52.2 Å². The molecule has 2 aromatic rings. The highest BCUT2D eigenvalue weighted by Gasteiger charge is 2.24. The van der Waals surface area contributed by atoms with Crippen LogP contribution in [0.5, 0.6) is 11.5 Å². The minimum atomic E-state index is -0.774. The molecule has 0 aliphatic carbocycles. The summed E-state index contributed by atoms with van der Waals surface area (Å²) < 4.78 is 11.6. The maximum atomic E-state index is 12.6. The number of carbonyl (C=O) groups is 2. The molecular formula is C23H23ClIN3O4. The van der Waals surface area contributed by atoms with E-state index in [9.17, 15) is 9.59 Å². The summed E-state index contributed by atoms with van der Waals surface area (Å²) in [5.74, 6) is 2.48. The van der Waals surface area contributed by atoms with Crippen molar-refractivity contribution in [2.24, 2.45) is 11.0 Å². The third kappa shape index (κ3) is 7.14. The molecule has 2 rings (SSSR count). The topological polar surface area (TPSA) is 89.0 Å². The fourth-order valence-electron chi connectivity index (χ4n) is 2.67. The second-order valence-corrected chi connectivity index (χ2v) is 8.56. The molecule has 0 radical (unpaired) electrons. The summed E-state index contributed by atoms with van der Waals surface area (Å²) in [5.41, 5.74) is 3.57. The predicted octanol–water partition coefficient (Wildman–Crippen LogP) is 3.87. The normalized spacial score (nSPS) is 11.7. The quantitative estimate of drug-likeness (QED) is 0.208. The number of nitrogens with zero attached hydrogens (tertiary/aromatic N) is 1. The molecule has 168 valence electrons. The van der Waals surface area contributed by atoms with Crippen molar-refractivity contribution in [2.45, 2.75) is 19.9 Å². The molecule has 7 nitrogen and oxygen atoms in total. The molecule has 2 amide bonds. The van der Waals surface area contributed by atoms with E-state index in [-0.39, 0.29) is 18.4 Å². The van der Waals surface area contributed by atoms with Crippen LogP contribution in [0.4, 0.5) is 0 Å². The van der Waals surface area contributed by atoms with Crippen LogP contribution >= 0.6 is 34.2 Å². The molecule has 0 spiro atoms. The summed E-state index contributed by atoms with van der Waals surface area (Å²) in [6.45, 7) is 3.78. The van der Waals surface area contributed by atoms with Gasteiger partial charge in [-0.15, -0.1) is 6.42 Å². The van der Waals surface area contributed by atoms with Crippen LogP contribution in [-0.2, 0) is 4.79 Å². The summed E-state index contributed by atoms with van der Waals surface area (Å²) in [6, 6.07) is 9.17. The Labute approximate surface area is 206 Å². The largest absolute Gasteiger partial charge is 0.493 e. The molecule has 1 unspecified atom stereocenters. The molecule has 2 aromatic carbocycles. The van der Waals surface area contributed by atoms with Gasteiger partial charge in [0.1, 0.15) is 12.6 Å². The molecule has 0 aromatic heterocycles. The fourth-order valence-corrected chi connectivity index (χ4v) is 3.58. The van der Waals surface area contributed by atoms with E-state index < -0.39 is 11.9 Å². The van der Waals surface area contributed by atoms with Crippen LogP contribution in [0.3, 0.4) is 0 Å². The first-order valence-corrected chi connectivity index (χ1v) is 11.1. The minimum Gasteiger partial charge on any atom is -0.493 e. The van der Waals surface area contributed by atoms with Gasteiger partial charge in [0.25, 0.3) is 11.8 Å². The molecule has 32 heavy (non-hydrogen) atoms. The molecule has 2 N–H and O–H groups in total. The van der Waals surface area contributed by atoms with Gasteiger partial charge in [0, 0.05) is 10.6 Å². The molecule has 0 aliphatic heterocycles. The Kier molecular flexibility index (Phi) is 9.81. The van der Waals surface area contributed by atoms with E-state index in [1.165, 1.54) is 13.3 Å². The number of halogens is 2. The lowest BCUT2D eigenvalue weighted by Gasteiger charge is -2.20. The summed E-state index contributed by atoms with van der Waals surface area (Å²) in [7, 11) is 1.52. The Balaban J connectivity index is 2.08. The summed E-state index contributed by atoms with van der Waals surface area (Å²) >= 11 is 7.96. The highest BCUT2D eigenvalue weighted by Crippen LogP contribution is 2.33. The molecule has 0 fully saturated rings. The summed E-state index contributed by atoms with van der Waals surface area (Å²) in [5, 5.41) is 7.28. The molecule has 0 aliphatic rings. The number of methoxy groups -OCH3 is 1. The van der Waals surface area contributed by atoms with E-state index in [1.807, 2.05) is 19.9 Å². The number of terminal acetylenes is 1. The van der Waals surface area contributed by atoms with E-state index >= 15 is 0 Å². The smallest absolute Gasteiger partial charge is 0.262 e. The Morgan fingerprint density at radius 3 is 2.56 bits per heavy atom. The lowest BCUT2D eigenvalue weighted by atomic mass is 10.0. The van der Waals surface area contributed by atoms with Crippen molar-refractivity contribution in [3.05, 3.63) is 56.1 Å². The first-order valence-electron chi connectivity index (χ1n) is 9.60. The van der Waals surface area contributed by atoms with Crippen LogP contribution in [0.25, 0.3) is 0 Å². The van der Waals surface area contributed by atoms with Crippen molar-refractivity contribution in [3.8, 4) is 23.8 Å². The maximum absolute atomic E-state index is 12.6. The second kappa shape index (κ2) is 12.3. The molecular weight excluding hydrogens is 545 g/mol. The van der Waals surface area contributed by atoms with Gasteiger partial charge in [-0.1, -0.05) is 31.4 Å². The van der Waals surface area contributed by atoms with Crippen LogP contribution in [0.15, 0.2) is 41.5 Å². The number of nitrogens with one attached hydrogen (secondary N) is 2. The number of hydrogen-bond acceptors (Lipinski definition) is 5. The maximum Gasteiger partial charge on any atom is 0.262 e. The van der Waals surface area contributed by atoms with Crippen LogP contribution in [0, 0.1) is 21.8 Å². The summed E-state index contributed by atoms with van der Waals surface area (Å²) in [4.78, 5) is 25.1. The molecule has 0 saturated carbocycles. The Morgan fingerprint density at radius 1 is 1.28 bits per heavy atom. The van der Waals surface area contributed by atoms with E-state index in [0.29, 0.717) is 27.6 Å². The van der Waals surface area contributed by atoms with Crippen molar-refractivity contribution in [1.82, 2.24) is 10.7 Å². The molecule has 9 heteroatoms. The number of hydrazone groups is 1. The Bertz CT molecular complexity index is 1030. The third-order valence-corrected chi connectivity index (χ3v) is 5.34. The zero-order chi connectivity index (χ0) is 23.7. The van der Waals surface area contributed by atoms with Gasteiger partial charge >= 0.3 is 0 Å². The van der Waals surface area contributed by atoms with Crippen molar-refractivity contribution in [1.29, 1.82) is 0 Å². The molecule has 0 bridgehead atoms. The minimum absolute atomic E-state index is 0.119. The summed E-state index contributed by atoms with van der Waals surface area (Å²) in [6.07, 6.45) is 6.72. The van der Waals surface area contributed by atoms with Gasteiger partial charge in [-0.05, 0) is 70.5 Å². The Morgan fingerprint density at radius 2 is 1.97 bits per heavy atom. The van der Waals surface area contributed by atoms with Gasteiger partial charge in [-0.3, -0.25) is 9.59 Å². The van der Waals surface area contributed by atoms with Crippen LogP contribution in [0.2, 0.25) is 5.02 Å². The zero-order valence-electron chi connectivity index (χ0n) is 17.8. The number of carbonyl (C=O) groups excluding carboxylic acids is 2. The van der Waals surface area contributed by atoms with Gasteiger partial charge in [0.2, 0.25) is 0 Å². The zero-order valence-corrected chi connectivity index (χ0v) is 20.7. The molecule has 1 atom stereocenters. The lowest BCUT2D eigenvalue weighted by Crippen LogP contribution is -2.48. The van der Waals surface area contributed by atoms with E-state index in [1.54, 1.807) is 30.3 Å². The van der Waals surface area contributed by atoms with Crippen molar-refractivity contribution in [3.63, 3.8) is 0 Å². The van der Waals surface area contributed by atoms with Crippen molar-refractivity contribution < 1.29 is 19.1 Å². The van der Waals surface area contributed by atoms with Gasteiger partial charge in [-0.25, -0.2) is 5.43 Å². The highest BCUT2D eigenvalue weighted by atomic mass is 127. The number of ether oxygens (including phenoxy) is 2. The number of hydrogen-bond donors (Lipinski definition) is 2. The first kappa shape index (κ1) is 25.5. The monoisotopic (exact) mass is 567 g/mol. The predicted molar refractivity (Wildman–Crippen MR) is 133 cm³/mol. The fraction of sp³-hybridized carbons (Fsp3) is 0.261. The second-order valence-electron chi connectivity index (χ2n) is 6.96. The van der Waals surface area contributed by atoms with Crippen LogP contribution < -0.4 is 20.2 Å². The highest BCUT2D eigenvalue weighted by molar-refractivity contribution is 14.1. The van der Waals surface area contributed by atoms with Gasteiger partial charge < -0.3 is 14.8 Å². The number of benzene rings is 2. The van der Waals surface area contributed by atoms with Gasteiger partial charge in [0.05, 0.1) is 16.9 Å². The average molecular weight is 568 g/mol. The number of amides is 2. The van der Waals surface area contributed by atoms with E-state index in [0.717, 1.165) is 3.57 Å². The molecule has 0 saturated heterocycles. The SMILES string of the molecule is C#CCOc1c(I)cc(/C=N/NC(=O)C(NC(=O)c2ccc(Cl)cc2)C(C)C)cc1OC. The van der Waals surface area contributed by atoms with Crippen molar-refractivity contribution in [2.75, 3.05) is 13.7 Å². The van der Waals surface area contributed by atoms with Crippen LogP contribution in [-0.4, -0.2) is 37.8 Å². The molecule has 0 heterocycles. The van der Waals surface area contributed by atoms with Gasteiger partial charge in [-0.2, -0.15) is 5.10 Å². The average Bonchev–Trinajstić information content (AvgIpc) is 2.76. The Hall–Kier alpha value is -2.77. The third-order valence-electron chi connectivity index (χ3n) is 4.28. The standard InChI is InChI=1S/C23H23ClIN3O4/c1-5-10-32-21-18(25)11-15(12-19(21)31-4)13-26-28-23(30)20(14(2)3)27-22(29)16-6-8-17(24)9-7-16/h1,6-9,11-14,20H,10H2,2-4H3,(H,27,29)(H,28,30)/b26-13+. The van der Waals surface area contributed by atoms with Gasteiger partial charge in [0.15, 0.2) is 11.5 Å². The lowest BCUT2D eigenvalue weighted by molar-refractivity contribution is -0.123. The van der Waals surface area contributed by atoms with E-state index in [2.05, 4.69) is 44.4 Å².